The highest BCUT2D eigenvalue weighted by molar-refractivity contribution is 9.10. The molecule has 3 heteroatoms. The van der Waals surface area contributed by atoms with Gasteiger partial charge in [0.1, 0.15) is 0 Å². The van der Waals surface area contributed by atoms with Gasteiger partial charge in [0.2, 0.25) is 0 Å². The zero-order chi connectivity index (χ0) is 12.0. The van der Waals surface area contributed by atoms with Gasteiger partial charge in [-0.2, -0.15) is 0 Å². The van der Waals surface area contributed by atoms with Gasteiger partial charge in [-0.15, -0.1) is 0 Å². The lowest BCUT2D eigenvalue weighted by atomic mass is 10.2. The molecule has 90 valence electrons. The van der Waals surface area contributed by atoms with E-state index in [-0.39, 0.29) is 0 Å². The van der Waals surface area contributed by atoms with Gasteiger partial charge < -0.3 is 10.2 Å². The minimum absolute atomic E-state index is 0.732. The molecule has 0 aliphatic rings. The van der Waals surface area contributed by atoms with Crippen molar-refractivity contribution in [2.45, 2.75) is 13.8 Å². The molecule has 0 aliphatic carbocycles. The number of nitrogens with zero attached hydrogens (tertiary/aromatic N) is 1. The second-order valence-corrected chi connectivity index (χ2v) is 5.51. The first-order chi connectivity index (χ1) is 7.58. The van der Waals surface area contributed by atoms with E-state index < -0.39 is 0 Å². The van der Waals surface area contributed by atoms with Gasteiger partial charge in [0.25, 0.3) is 0 Å². The van der Waals surface area contributed by atoms with E-state index in [2.05, 4.69) is 59.2 Å². The van der Waals surface area contributed by atoms with Gasteiger partial charge in [-0.1, -0.05) is 35.8 Å². The van der Waals surface area contributed by atoms with E-state index in [4.69, 9.17) is 0 Å². The van der Waals surface area contributed by atoms with Crippen molar-refractivity contribution in [1.29, 1.82) is 0 Å². The Kier molecular flexibility index (Phi) is 5.85. The Hall–Kier alpha value is -0.540. The van der Waals surface area contributed by atoms with Crippen molar-refractivity contribution in [3.05, 3.63) is 28.7 Å². The first kappa shape index (κ1) is 13.5. The van der Waals surface area contributed by atoms with Crippen LogP contribution < -0.4 is 5.32 Å². The minimum Gasteiger partial charge on any atom is -0.384 e. The number of rotatable bonds is 6. The minimum atomic E-state index is 0.732. The third-order valence-electron chi connectivity index (χ3n) is 2.32. The molecule has 0 atom stereocenters. The Morgan fingerprint density at radius 3 is 2.75 bits per heavy atom. The van der Waals surface area contributed by atoms with Gasteiger partial charge in [0.05, 0.1) is 0 Å². The second kappa shape index (κ2) is 6.92. The van der Waals surface area contributed by atoms with E-state index in [9.17, 15) is 0 Å². The fourth-order valence-electron chi connectivity index (χ4n) is 1.70. The third kappa shape index (κ3) is 5.52. The number of anilines is 1. The lowest BCUT2D eigenvalue weighted by Crippen LogP contribution is -2.28. The molecule has 0 radical (unpaired) electrons. The first-order valence-corrected chi connectivity index (χ1v) is 6.55. The molecule has 0 saturated carbocycles. The standard InChI is InChI=1S/C13H21BrN2/c1-11(2)10-16(3)8-7-15-13-6-4-5-12(14)9-13/h4-6,9,11,15H,7-8,10H2,1-3H3. The fourth-order valence-corrected chi connectivity index (χ4v) is 2.10. The van der Waals surface area contributed by atoms with Gasteiger partial charge in [-0.05, 0) is 31.2 Å². The zero-order valence-corrected chi connectivity index (χ0v) is 11.9. The number of hydrogen-bond donors (Lipinski definition) is 1. The Bertz CT molecular complexity index is 313. The maximum absolute atomic E-state index is 3.47. The maximum atomic E-state index is 3.47. The summed E-state index contributed by atoms with van der Waals surface area (Å²) in [6.45, 7) is 7.71. The Labute approximate surface area is 107 Å². The summed E-state index contributed by atoms with van der Waals surface area (Å²) >= 11 is 3.47. The molecule has 0 aromatic heterocycles. The molecule has 1 N–H and O–H groups in total. The Morgan fingerprint density at radius 2 is 2.12 bits per heavy atom. The Balaban J connectivity index is 2.25. The van der Waals surface area contributed by atoms with Crippen molar-refractivity contribution in [3.63, 3.8) is 0 Å². The average molecular weight is 285 g/mol. The highest BCUT2D eigenvalue weighted by atomic mass is 79.9. The van der Waals surface area contributed by atoms with Crippen molar-refractivity contribution < 1.29 is 0 Å². The van der Waals surface area contributed by atoms with Gasteiger partial charge in [-0.25, -0.2) is 0 Å². The molecule has 0 amide bonds. The number of halogens is 1. The molecule has 1 aromatic rings. The summed E-state index contributed by atoms with van der Waals surface area (Å²) in [6, 6.07) is 8.27. The van der Waals surface area contributed by atoms with Gasteiger partial charge >= 0.3 is 0 Å². The van der Waals surface area contributed by atoms with Gasteiger partial charge in [0, 0.05) is 29.8 Å². The van der Waals surface area contributed by atoms with Gasteiger partial charge in [-0.3, -0.25) is 0 Å². The predicted molar refractivity (Wildman–Crippen MR) is 75.0 cm³/mol. The van der Waals surface area contributed by atoms with Crippen LogP contribution in [0.5, 0.6) is 0 Å². The van der Waals surface area contributed by atoms with E-state index in [0.29, 0.717) is 0 Å². The quantitative estimate of drug-likeness (QED) is 0.861. The number of benzene rings is 1. The summed E-state index contributed by atoms with van der Waals surface area (Å²) in [5.41, 5.74) is 1.17. The third-order valence-corrected chi connectivity index (χ3v) is 2.82. The van der Waals surface area contributed by atoms with Crippen LogP contribution in [0.15, 0.2) is 28.7 Å². The molecule has 0 aliphatic heterocycles. The number of hydrogen-bond acceptors (Lipinski definition) is 2. The summed E-state index contributed by atoms with van der Waals surface area (Å²) in [4.78, 5) is 2.36. The van der Waals surface area contributed by atoms with Crippen LogP contribution in [0.25, 0.3) is 0 Å². The van der Waals surface area contributed by atoms with Crippen LogP contribution in [-0.4, -0.2) is 31.6 Å². The van der Waals surface area contributed by atoms with E-state index in [1.54, 1.807) is 0 Å². The van der Waals surface area contributed by atoms with Crippen LogP contribution in [-0.2, 0) is 0 Å². The summed E-state index contributed by atoms with van der Waals surface area (Å²) < 4.78 is 1.12. The topological polar surface area (TPSA) is 15.3 Å². The molecule has 0 heterocycles. The monoisotopic (exact) mass is 284 g/mol. The molecule has 0 spiro atoms. The lowest BCUT2D eigenvalue weighted by Gasteiger charge is -2.19. The normalized spacial score (nSPS) is 11.1. The van der Waals surface area contributed by atoms with Crippen LogP contribution in [0.1, 0.15) is 13.8 Å². The molecule has 1 aromatic carbocycles. The van der Waals surface area contributed by atoms with Crippen LogP contribution in [0.2, 0.25) is 0 Å². The molecule has 0 fully saturated rings. The van der Waals surface area contributed by atoms with E-state index in [0.717, 1.165) is 30.0 Å². The smallest absolute Gasteiger partial charge is 0.0351 e. The van der Waals surface area contributed by atoms with Crippen molar-refractivity contribution in [1.82, 2.24) is 4.90 Å². The number of likely N-dealkylation sites (N-methyl/N-ethyl adjacent to an activating group) is 1. The van der Waals surface area contributed by atoms with Crippen LogP contribution in [0, 0.1) is 5.92 Å². The summed E-state index contributed by atoms with van der Waals surface area (Å²) in [7, 11) is 2.17. The lowest BCUT2D eigenvalue weighted by molar-refractivity contribution is 0.306. The SMILES string of the molecule is CC(C)CN(C)CCNc1cccc(Br)c1. The molecule has 0 bridgehead atoms. The number of nitrogens with one attached hydrogen (secondary N) is 1. The highest BCUT2D eigenvalue weighted by Gasteiger charge is 2.00. The van der Waals surface area contributed by atoms with Crippen molar-refractivity contribution in [2.24, 2.45) is 5.92 Å². The summed E-state index contributed by atoms with van der Waals surface area (Å²) in [6.07, 6.45) is 0. The molecule has 0 unspecified atom stereocenters. The predicted octanol–water partition coefficient (Wildman–Crippen LogP) is 3.45. The van der Waals surface area contributed by atoms with Crippen molar-refractivity contribution >= 4 is 21.6 Å². The van der Waals surface area contributed by atoms with Gasteiger partial charge in [0.15, 0.2) is 0 Å². The summed E-state index contributed by atoms with van der Waals surface area (Å²) in [5.74, 6) is 0.732. The van der Waals surface area contributed by atoms with Crippen LogP contribution in [0.3, 0.4) is 0 Å². The summed E-state index contributed by atoms with van der Waals surface area (Å²) in [5, 5.41) is 3.42. The van der Waals surface area contributed by atoms with E-state index in [1.807, 2.05) is 12.1 Å². The fraction of sp³-hybridized carbons (Fsp3) is 0.538. The largest absolute Gasteiger partial charge is 0.384 e. The van der Waals surface area contributed by atoms with Crippen molar-refractivity contribution in [3.8, 4) is 0 Å². The first-order valence-electron chi connectivity index (χ1n) is 5.76. The molecule has 0 saturated heterocycles. The maximum Gasteiger partial charge on any atom is 0.0351 e. The molecule has 16 heavy (non-hydrogen) atoms. The van der Waals surface area contributed by atoms with Crippen LogP contribution in [0.4, 0.5) is 5.69 Å². The average Bonchev–Trinajstić information content (AvgIpc) is 2.16. The molecule has 2 nitrogen and oxygen atoms in total. The zero-order valence-electron chi connectivity index (χ0n) is 10.3. The molecular weight excluding hydrogens is 264 g/mol. The highest BCUT2D eigenvalue weighted by Crippen LogP contribution is 2.15. The molecular formula is C13H21BrN2. The molecule has 1 rings (SSSR count). The van der Waals surface area contributed by atoms with E-state index >= 15 is 0 Å². The van der Waals surface area contributed by atoms with Crippen LogP contribution >= 0.6 is 15.9 Å². The van der Waals surface area contributed by atoms with E-state index in [1.165, 1.54) is 5.69 Å². The second-order valence-electron chi connectivity index (χ2n) is 4.59. The Morgan fingerprint density at radius 1 is 1.38 bits per heavy atom. The van der Waals surface area contributed by atoms with Crippen molar-refractivity contribution in [2.75, 3.05) is 32.0 Å².